The van der Waals surface area contributed by atoms with Crippen LogP contribution in [-0.4, -0.2) is 28.0 Å². The molecular weight excluding hydrogens is 474 g/mol. The van der Waals surface area contributed by atoms with Crippen LogP contribution < -0.4 is 10.9 Å². The minimum absolute atomic E-state index is 0.223. The first-order chi connectivity index (χ1) is 16.3. The molecule has 1 N–H and O–H groups in total. The molecule has 2 aromatic carbocycles. The summed E-state index contributed by atoms with van der Waals surface area (Å²) in [5, 5.41) is 3.58. The highest BCUT2D eigenvalue weighted by atomic mass is 35.5. The second-order valence-corrected chi connectivity index (χ2v) is 9.20. The molecular formula is C25H22ClN3O4S. The van der Waals surface area contributed by atoms with Gasteiger partial charge in [0.2, 0.25) is 5.91 Å². The van der Waals surface area contributed by atoms with Crippen LogP contribution >= 0.6 is 22.9 Å². The first-order valence-electron chi connectivity index (χ1n) is 10.6. The van der Waals surface area contributed by atoms with Gasteiger partial charge in [-0.3, -0.25) is 14.2 Å². The molecule has 7 nitrogen and oxygen atoms in total. The number of carbonyl (C=O) groups is 2. The molecule has 0 bridgehead atoms. The second kappa shape index (κ2) is 10.2. The van der Waals surface area contributed by atoms with E-state index in [1.165, 1.54) is 10.9 Å². The van der Waals surface area contributed by atoms with E-state index in [2.05, 4.69) is 10.3 Å². The number of aromatic nitrogens is 2. The molecule has 0 fully saturated rings. The van der Waals surface area contributed by atoms with Crippen molar-refractivity contribution in [1.82, 2.24) is 9.55 Å². The summed E-state index contributed by atoms with van der Waals surface area (Å²) in [4.78, 5) is 43.2. The number of thiophene rings is 1. The molecule has 34 heavy (non-hydrogen) atoms. The Balaban J connectivity index is 1.48. The molecule has 4 aromatic rings. The molecule has 0 saturated heterocycles. The fraction of sp³-hybridized carbons (Fsp3) is 0.200. The van der Waals surface area contributed by atoms with E-state index < -0.39 is 11.9 Å². The lowest BCUT2D eigenvalue weighted by Crippen LogP contribution is -2.27. The summed E-state index contributed by atoms with van der Waals surface area (Å²) in [5.41, 5.74) is 2.61. The van der Waals surface area contributed by atoms with Crippen molar-refractivity contribution >= 4 is 50.7 Å². The van der Waals surface area contributed by atoms with Gasteiger partial charge in [-0.25, -0.2) is 9.78 Å². The topological polar surface area (TPSA) is 90.3 Å². The summed E-state index contributed by atoms with van der Waals surface area (Å²) in [7, 11) is 0. The predicted molar refractivity (Wildman–Crippen MR) is 134 cm³/mol. The van der Waals surface area contributed by atoms with Gasteiger partial charge in [0, 0.05) is 17.1 Å². The van der Waals surface area contributed by atoms with Crippen molar-refractivity contribution < 1.29 is 14.3 Å². The highest BCUT2D eigenvalue weighted by Gasteiger charge is 2.21. The van der Waals surface area contributed by atoms with Gasteiger partial charge < -0.3 is 10.1 Å². The van der Waals surface area contributed by atoms with Crippen molar-refractivity contribution in [2.45, 2.75) is 26.8 Å². The van der Waals surface area contributed by atoms with Crippen molar-refractivity contribution in [3.63, 3.8) is 0 Å². The average Bonchev–Trinajstić information content (AvgIpc) is 3.16. The Bertz CT molecular complexity index is 1430. The third-order valence-corrected chi connectivity index (χ3v) is 6.93. The number of halogens is 1. The van der Waals surface area contributed by atoms with Crippen LogP contribution in [0.15, 0.2) is 59.7 Å². The highest BCUT2D eigenvalue weighted by molar-refractivity contribution is 7.20. The van der Waals surface area contributed by atoms with Gasteiger partial charge in [0.05, 0.1) is 18.3 Å². The molecule has 174 valence electrons. The fourth-order valence-corrected chi connectivity index (χ4v) is 4.68. The van der Waals surface area contributed by atoms with E-state index in [4.69, 9.17) is 16.3 Å². The minimum Gasteiger partial charge on any atom is -0.461 e. The number of aryl methyl sites for hydroxylation is 2. The monoisotopic (exact) mass is 495 g/mol. The number of esters is 1. The van der Waals surface area contributed by atoms with Gasteiger partial charge in [0.1, 0.15) is 16.3 Å². The Morgan fingerprint density at radius 1 is 1.15 bits per heavy atom. The standard InChI is InChI=1S/C25H22ClN3O4S/c1-15-8-9-18(12-19(15)26)28-20(30)13-29-14-27-23-21(24(29)31)16(2)22(34-23)25(32)33-11-10-17-6-4-3-5-7-17/h3-9,12,14H,10-11,13H2,1-2H3,(H,28,30). The van der Waals surface area contributed by atoms with E-state index in [1.807, 2.05) is 37.3 Å². The number of rotatable bonds is 7. The maximum atomic E-state index is 13.0. The SMILES string of the molecule is Cc1ccc(NC(=O)Cn2cnc3sc(C(=O)OCCc4ccccc4)c(C)c3c2=O)cc1Cl. The van der Waals surface area contributed by atoms with Gasteiger partial charge in [-0.05, 0) is 42.7 Å². The fourth-order valence-electron chi connectivity index (χ4n) is 3.46. The molecule has 0 radical (unpaired) electrons. The minimum atomic E-state index is -0.489. The third-order valence-electron chi connectivity index (χ3n) is 5.34. The zero-order valence-corrected chi connectivity index (χ0v) is 20.2. The first kappa shape index (κ1) is 23.7. The zero-order valence-electron chi connectivity index (χ0n) is 18.6. The number of amides is 1. The van der Waals surface area contributed by atoms with E-state index in [0.717, 1.165) is 22.5 Å². The van der Waals surface area contributed by atoms with Gasteiger partial charge in [-0.15, -0.1) is 11.3 Å². The Morgan fingerprint density at radius 2 is 1.91 bits per heavy atom. The number of hydrogen-bond acceptors (Lipinski definition) is 6. The van der Waals surface area contributed by atoms with E-state index in [9.17, 15) is 14.4 Å². The van der Waals surface area contributed by atoms with Crippen molar-refractivity contribution in [3.05, 3.63) is 91.8 Å². The van der Waals surface area contributed by atoms with Crippen LogP contribution in [0.5, 0.6) is 0 Å². The quantitative estimate of drug-likeness (QED) is 0.373. The Morgan fingerprint density at radius 3 is 2.65 bits per heavy atom. The maximum Gasteiger partial charge on any atom is 0.348 e. The third kappa shape index (κ3) is 5.18. The number of carbonyl (C=O) groups excluding carboxylic acids is 2. The molecule has 2 heterocycles. The Hall–Kier alpha value is -3.49. The van der Waals surface area contributed by atoms with Crippen LogP contribution in [0.1, 0.15) is 26.4 Å². The Kier molecular flexibility index (Phi) is 7.09. The lowest BCUT2D eigenvalue weighted by Gasteiger charge is -2.08. The summed E-state index contributed by atoms with van der Waals surface area (Å²) in [5.74, 6) is -0.882. The van der Waals surface area contributed by atoms with Gasteiger partial charge in [-0.1, -0.05) is 48.0 Å². The van der Waals surface area contributed by atoms with E-state index in [-0.39, 0.29) is 18.7 Å². The summed E-state index contributed by atoms with van der Waals surface area (Å²) in [6.07, 6.45) is 1.91. The van der Waals surface area contributed by atoms with E-state index in [1.54, 1.807) is 25.1 Å². The van der Waals surface area contributed by atoms with Crippen molar-refractivity contribution in [3.8, 4) is 0 Å². The number of ether oxygens (including phenoxy) is 1. The number of anilines is 1. The molecule has 9 heteroatoms. The summed E-state index contributed by atoms with van der Waals surface area (Å²) >= 11 is 7.21. The molecule has 4 rings (SSSR count). The first-order valence-corrected chi connectivity index (χ1v) is 11.8. The van der Waals surface area contributed by atoms with Crippen LogP contribution in [-0.2, 0) is 22.5 Å². The predicted octanol–water partition coefficient (Wildman–Crippen LogP) is 4.77. The van der Waals surface area contributed by atoms with E-state index >= 15 is 0 Å². The highest BCUT2D eigenvalue weighted by Crippen LogP contribution is 2.27. The number of nitrogens with one attached hydrogen (secondary N) is 1. The summed E-state index contributed by atoms with van der Waals surface area (Å²) < 4.78 is 6.64. The lowest BCUT2D eigenvalue weighted by molar-refractivity contribution is -0.116. The zero-order chi connectivity index (χ0) is 24.2. The maximum absolute atomic E-state index is 13.0. The van der Waals surface area contributed by atoms with Crippen LogP contribution in [0.3, 0.4) is 0 Å². The largest absolute Gasteiger partial charge is 0.461 e. The smallest absolute Gasteiger partial charge is 0.348 e. The molecule has 0 spiro atoms. The molecule has 0 aliphatic rings. The number of hydrogen-bond donors (Lipinski definition) is 1. The molecule has 0 atom stereocenters. The van der Waals surface area contributed by atoms with Gasteiger partial charge in [-0.2, -0.15) is 0 Å². The van der Waals surface area contributed by atoms with Crippen LogP contribution in [0, 0.1) is 13.8 Å². The molecule has 0 unspecified atom stereocenters. The number of fused-ring (bicyclic) bond motifs is 1. The van der Waals surface area contributed by atoms with Crippen LogP contribution in [0.2, 0.25) is 5.02 Å². The Labute approximate surface area is 205 Å². The van der Waals surface area contributed by atoms with Gasteiger partial charge >= 0.3 is 5.97 Å². The second-order valence-electron chi connectivity index (χ2n) is 7.80. The van der Waals surface area contributed by atoms with Crippen LogP contribution in [0.4, 0.5) is 5.69 Å². The van der Waals surface area contributed by atoms with E-state index in [0.29, 0.717) is 37.8 Å². The molecule has 0 aliphatic carbocycles. The molecule has 2 aromatic heterocycles. The van der Waals surface area contributed by atoms with Gasteiger partial charge in [0.25, 0.3) is 5.56 Å². The van der Waals surface area contributed by atoms with Crippen molar-refractivity contribution in [1.29, 1.82) is 0 Å². The average molecular weight is 496 g/mol. The summed E-state index contributed by atoms with van der Waals surface area (Å²) in [6.45, 7) is 3.57. The molecule has 0 aliphatic heterocycles. The van der Waals surface area contributed by atoms with Crippen molar-refractivity contribution in [2.75, 3.05) is 11.9 Å². The lowest BCUT2D eigenvalue weighted by atomic mass is 10.2. The normalized spacial score (nSPS) is 10.9. The molecule has 0 saturated carbocycles. The number of nitrogens with zero attached hydrogens (tertiary/aromatic N) is 2. The van der Waals surface area contributed by atoms with Crippen LogP contribution in [0.25, 0.3) is 10.2 Å². The molecule has 1 amide bonds. The number of benzene rings is 2. The van der Waals surface area contributed by atoms with Crippen molar-refractivity contribution in [2.24, 2.45) is 0 Å². The van der Waals surface area contributed by atoms with Gasteiger partial charge in [0.15, 0.2) is 0 Å². The summed E-state index contributed by atoms with van der Waals surface area (Å²) in [6, 6.07) is 14.9.